The van der Waals surface area contributed by atoms with Crippen molar-refractivity contribution in [2.45, 2.75) is 52.4 Å². The molecule has 0 aliphatic heterocycles. The summed E-state index contributed by atoms with van der Waals surface area (Å²) in [5.74, 6) is -2.65. The van der Waals surface area contributed by atoms with Crippen molar-refractivity contribution in [2.75, 3.05) is 6.61 Å². The Morgan fingerprint density at radius 2 is 2.07 bits per heavy atom. The van der Waals surface area contributed by atoms with Gasteiger partial charge in [0.05, 0.1) is 6.61 Å². The van der Waals surface area contributed by atoms with Crippen molar-refractivity contribution < 1.29 is 18.3 Å². The highest BCUT2D eigenvalue weighted by Gasteiger charge is 2.21. The van der Waals surface area contributed by atoms with Crippen molar-refractivity contribution in [3.8, 4) is 0 Å². The maximum absolute atomic E-state index is 12.4. The molecule has 0 aromatic heterocycles. The summed E-state index contributed by atoms with van der Waals surface area (Å²) in [5.41, 5.74) is 0. The van der Waals surface area contributed by atoms with Crippen LogP contribution in [0, 0.1) is 5.92 Å². The lowest BCUT2D eigenvalue weighted by atomic mass is 10.0. The number of esters is 1. The van der Waals surface area contributed by atoms with Gasteiger partial charge in [0.1, 0.15) is 0 Å². The van der Waals surface area contributed by atoms with Crippen LogP contribution in [0.3, 0.4) is 0 Å². The van der Waals surface area contributed by atoms with Crippen LogP contribution in [-0.4, -0.2) is 18.5 Å². The molecule has 0 spiro atoms. The molecule has 4 heteroatoms. The molecule has 1 atom stereocenters. The molecule has 0 rings (SSSR count). The van der Waals surface area contributed by atoms with Crippen molar-refractivity contribution >= 4 is 5.97 Å². The normalized spacial score (nSPS) is 13.7. The molecule has 0 aromatic carbocycles. The SMILES string of the molecule is CCC(C)CCC(=O)OCCC(C)(F)F. The van der Waals surface area contributed by atoms with Gasteiger partial charge in [-0.15, -0.1) is 0 Å². The van der Waals surface area contributed by atoms with E-state index < -0.39 is 12.3 Å². The molecule has 0 fully saturated rings. The summed E-state index contributed by atoms with van der Waals surface area (Å²) in [5, 5.41) is 0. The molecule has 0 saturated heterocycles. The molecule has 1 unspecified atom stereocenters. The van der Waals surface area contributed by atoms with Crippen molar-refractivity contribution in [3.63, 3.8) is 0 Å². The van der Waals surface area contributed by atoms with Crippen LogP contribution >= 0.6 is 0 Å². The quantitative estimate of drug-likeness (QED) is 0.617. The van der Waals surface area contributed by atoms with Crippen molar-refractivity contribution in [3.05, 3.63) is 0 Å². The smallest absolute Gasteiger partial charge is 0.305 e. The number of rotatable bonds is 7. The Balaban J connectivity index is 3.50. The molecule has 90 valence electrons. The predicted molar refractivity (Wildman–Crippen MR) is 54.9 cm³/mol. The lowest BCUT2D eigenvalue weighted by Gasteiger charge is -2.11. The Morgan fingerprint density at radius 1 is 1.47 bits per heavy atom. The number of hydrogen-bond donors (Lipinski definition) is 0. The van der Waals surface area contributed by atoms with E-state index in [2.05, 4.69) is 0 Å². The standard InChI is InChI=1S/C11H20F2O2/c1-4-9(2)5-6-10(14)15-8-7-11(3,12)13/h9H,4-8H2,1-3H3. The zero-order chi connectivity index (χ0) is 11.9. The summed E-state index contributed by atoms with van der Waals surface area (Å²) < 4.78 is 29.4. The third kappa shape index (κ3) is 9.63. The van der Waals surface area contributed by atoms with E-state index in [9.17, 15) is 13.6 Å². The third-order valence-corrected chi connectivity index (χ3v) is 2.34. The Kier molecular flexibility index (Phi) is 6.45. The second-order valence-corrected chi connectivity index (χ2v) is 4.09. The van der Waals surface area contributed by atoms with E-state index >= 15 is 0 Å². The molecular weight excluding hydrogens is 202 g/mol. The predicted octanol–water partition coefficient (Wildman–Crippen LogP) is 3.40. The molecule has 15 heavy (non-hydrogen) atoms. The average Bonchev–Trinajstić information content (AvgIpc) is 2.12. The molecule has 0 amide bonds. The highest BCUT2D eigenvalue weighted by molar-refractivity contribution is 5.69. The number of hydrogen-bond acceptors (Lipinski definition) is 2. The first-order valence-corrected chi connectivity index (χ1v) is 5.38. The number of alkyl halides is 2. The van der Waals surface area contributed by atoms with Crippen LogP contribution in [0.1, 0.15) is 46.5 Å². The zero-order valence-corrected chi connectivity index (χ0v) is 9.69. The summed E-state index contributed by atoms with van der Waals surface area (Å²) in [6.45, 7) is 4.73. The number of ether oxygens (including phenoxy) is 1. The summed E-state index contributed by atoms with van der Waals surface area (Å²) in [4.78, 5) is 11.1. The zero-order valence-electron chi connectivity index (χ0n) is 9.69. The monoisotopic (exact) mass is 222 g/mol. The fraction of sp³-hybridized carbons (Fsp3) is 0.909. The molecule has 0 N–H and O–H groups in total. The number of carbonyl (C=O) groups excluding carboxylic acids is 1. The lowest BCUT2D eigenvalue weighted by Crippen LogP contribution is -2.16. The van der Waals surface area contributed by atoms with Gasteiger partial charge in [-0.3, -0.25) is 4.79 Å². The second-order valence-electron chi connectivity index (χ2n) is 4.09. The molecule has 0 aliphatic carbocycles. The average molecular weight is 222 g/mol. The van der Waals surface area contributed by atoms with Crippen LogP contribution in [0.2, 0.25) is 0 Å². The summed E-state index contributed by atoms with van der Waals surface area (Å²) in [6.07, 6.45) is 1.70. The van der Waals surface area contributed by atoms with Crippen LogP contribution in [0.25, 0.3) is 0 Å². The van der Waals surface area contributed by atoms with E-state index in [1.807, 2.05) is 13.8 Å². The van der Waals surface area contributed by atoms with Gasteiger partial charge in [0.15, 0.2) is 0 Å². The Labute approximate surface area is 90.0 Å². The van der Waals surface area contributed by atoms with Gasteiger partial charge in [-0.25, -0.2) is 8.78 Å². The van der Waals surface area contributed by atoms with Crippen molar-refractivity contribution in [1.82, 2.24) is 0 Å². The van der Waals surface area contributed by atoms with Crippen molar-refractivity contribution in [2.24, 2.45) is 5.92 Å². The summed E-state index contributed by atoms with van der Waals surface area (Å²) in [7, 11) is 0. The maximum atomic E-state index is 12.4. The van der Waals surface area contributed by atoms with Gasteiger partial charge in [0.2, 0.25) is 5.92 Å². The van der Waals surface area contributed by atoms with Gasteiger partial charge < -0.3 is 4.74 Å². The molecule has 0 bridgehead atoms. The highest BCUT2D eigenvalue weighted by atomic mass is 19.3. The van der Waals surface area contributed by atoms with Crippen molar-refractivity contribution in [1.29, 1.82) is 0 Å². The van der Waals surface area contributed by atoms with E-state index in [0.717, 1.165) is 19.8 Å². The third-order valence-electron chi connectivity index (χ3n) is 2.34. The molecule has 0 aliphatic rings. The van der Waals surface area contributed by atoms with Crippen LogP contribution in [0.15, 0.2) is 0 Å². The van der Waals surface area contributed by atoms with Crippen LogP contribution in [0.4, 0.5) is 8.78 Å². The fourth-order valence-corrected chi connectivity index (χ4v) is 0.985. The molecule has 0 saturated carbocycles. The fourth-order valence-electron chi connectivity index (χ4n) is 0.985. The van der Waals surface area contributed by atoms with E-state index in [4.69, 9.17) is 4.74 Å². The maximum Gasteiger partial charge on any atom is 0.305 e. The largest absolute Gasteiger partial charge is 0.465 e. The highest BCUT2D eigenvalue weighted by Crippen LogP contribution is 2.16. The molecule has 0 radical (unpaired) electrons. The van der Waals surface area contributed by atoms with Gasteiger partial charge >= 0.3 is 5.97 Å². The second kappa shape index (κ2) is 6.75. The van der Waals surface area contributed by atoms with Crippen LogP contribution in [0.5, 0.6) is 0 Å². The minimum atomic E-state index is -2.75. The Morgan fingerprint density at radius 3 is 2.53 bits per heavy atom. The molecule has 2 nitrogen and oxygen atoms in total. The van der Waals surface area contributed by atoms with E-state index in [1.165, 1.54) is 0 Å². The minimum Gasteiger partial charge on any atom is -0.465 e. The summed E-state index contributed by atoms with van der Waals surface area (Å²) in [6, 6.07) is 0. The molecule has 0 heterocycles. The van der Waals surface area contributed by atoms with Gasteiger partial charge in [0.25, 0.3) is 0 Å². The van der Waals surface area contributed by atoms with Gasteiger partial charge in [-0.1, -0.05) is 20.3 Å². The molecule has 0 aromatic rings. The minimum absolute atomic E-state index is 0.192. The first-order chi connectivity index (χ1) is 6.85. The van der Waals surface area contributed by atoms with Gasteiger partial charge in [-0.05, 0) is 19.3 Å². The Bertz CT molecular complexity index is 188. The summed E-state index contributed by atoms with van der Waals surface area (Å²) >= 11 is 0. The van der Waals surface area contributed by atoms with E-state index in [1.54, 1.807) is 0 Å². The van der Waals surface area contributed by atoms with Crippen LogP contribution in [-0.2, 0) is 9.53 Å². The van der Waals surface area contributed by atoms with Gasteiger partial charge in [-0.2, -0.15) is 0 Å². The Hall–Kier alpha value is -0.670. The van der Waals surface area contributed by atoms with E-state index in [-0.39, 0.29) is 12.6 Å². The molecular formula is C11H20F2O2. The number of carbonyl (C=O) groups is 1. The first-order valence-electron chi connectivity index (χ1n) is 5.38. The number of halogens is 2. The lowest BCUT2D eigenvalue weighted by molar-refractivity contribution is -0.145. The topological polar surface area (TPSA) is 26.3 Å². The first kappa shape index (κ1) is 14.3. The van der Waals surface area contributed by atoms with E-state index in [0.29, 0.717) is 12.3 Å². The van der Waals surface area contributed by atoms with Gasteiger partial charge in [0, 0.05) is 12.8 Å². The van der Waals surface area contributed by atoms with Crippen LogP contribution < -0.4 is 0 Å².